The lowest BCUT2D eigenvalue weighted by Gasteiger charge is -2.17. The van der Waals surface area contributed by atoms with E-state index in [0.29, 0.717) is 22.4 Å². The van der Waals surface area contributed by atoms with Crippen LogP contribution in [0.15, 0.2) is 46.8 Å². The van der Waals surface area contributed by atoms with Gasteiger partial charge in [-0.15, -0.1) is 11.3 Å². The summed E-state index contributed by atoms with van der Waals surface area (Å²) >= 11 is 1.44. The minimum Gasteiger partial charge on any atom is -0.383 e. The fourth-order valence-electron chi connectivity index (χ4n) is 4.32. The Hall–Kier alpha value is -3.03. The monoisotopic (exact) mass is 449 g/mol. The molecule has 4 aromatic rings. The number of ether oxygens (including phenoxy) is 1. The van der Waals surface area contributed by atoms with Crippen LogP contribution in [0.5, 0.6) is 0 Å². The Kier molecular flexibility index (Phi) is 6.13. The third kappa shape index (κ3) is 3.94. The molecule has 4 rings (SSSR count). The number of thiophene rings is 1. The molecule has 0 saturated heterocycles. The maximum atomic E-state index is 13.3. The Morgan fingerprint density at radius 3 is 2.59 bits per heavy atom. The second-order valence-electron chi connectivity index (χ2n) is 8.26. The van der Waals surface area contributed by atoms with Gasteiger partial charge in [-0.3, -0.25) is 14.2 Å². The van der Waals surface area contributed by atoms with Gasteiger partial charge in [-0.25, -0.2) is 4.98 Å². The quantitative estimate of drug-likeness (QED) is 0.375. The van der Waals surface area contributed by atoms with Crippen molar-refractivity contribution in [3.8, 4) is 11.1 Å². The number of fused-ring (bicyclic) bond motifs is 1. The van der Waals surface area contributed by atoms with Gasteiger partial charge in [0.1, 0.15) is 4.83 Å². The van der Waals surface area contributed by atoms with Crippen molar-refractivity contribution >= 4 is 27.3 Å². The average molecular weight is 450 g/mol. The molecule has 0 aliphatic heterocycles. The fourth-order valence-corrected chi connectivity index (χ4v) is 5.23. The van der Waals surface area contributed by atoms with Gasteiger partial charge in [-0.2, -0.15) is 0 Å². The summed E-state index contributed by atoms with van der Waals surface area (Å²) in [6.45, 7) is 8.52. The normalized spacial score (nSPS) is 12.4. The Labute approximate surface area is 191 Å². The second kappa shape index (κ2) is 8.84. The Bertz CT molecular complexity index is 1350. The largest absolute Gasteiger partial charge is 0.383 e. The van der Waals surface area contributed by atoms with E-state index in [9.17, 15) is 9.59 Å². The van der Waals surface area contributed by atoms with Crippen LogP contribution in [0, 0.1) is 20.8 Å². The van der Waals surface area contributed by atoms with Crippen LogP contribution in [0.3, 0.4) is 0 Å². The SMILES string of the molecule is COC[C@H](C)n1c(C)cc(C(=O)Cn2cnc3scc(-c4ccc(C)cc4)c3c2=O)c1C. The molecule has 0 aliphatic carbocycles. The zero-order valence-corrected chi connectivity index (χ0v) is 19.8. The van der Waals surface area contributed by atoms with Crippen molar-refractivity contribution in [2.24, 2.45) is 0 Å². The molecule has 0 N–H and O–H groups in total. The predicted molar refractivity (Wildman–Crippen MR) is 129 cm³/mol. The molecule has 0 spiro atoms. The van der Waals surface area contributed by atoms with E-state index < -0.39 is 0 Å². The number of hydrogen-bond acceptors (Lipinski definition) is 5. The molecule has 166 valence electrons. The van der Waals surface area contributed by atoms with E-state index in [1.807, 2.05) is 56.5 Å². The smallest absolute Gasteiger partial charge is 0.263 e. The van der Waals surface area contributed by atoms with Crippen LogP contribution >= 0.6 is 11.3 Å². The molecular formula is C25H27N3O3S. The lowest BCUT2D eigenvalue weighted by Crippen LogP contribution is -2.25. The zero-order chi connectivity index (χ0) is 23.0. The molecule has 0 unspecified atom stereocenters. The maximum absolute atomic E-state index is 13.3. The van der Waals surface area contributed by atoms with Crippen molar-refractivity contribution in [3.05, 3.63) is 74.9 Å². The first kappa shape index (κ1) is 22.2. The molecule has 32 heavy (non-hydrogen) atoms. The molecule has 0 radical (unpaired) electrons. The third-order valence-electron chi connectivity index (χ3n) is 5.87. The number of ketones is 1. The van der Waals surface area contributed by atoms with Crippen LogP contribution in [-0.4, -0.2) is 33.6 Å². The van der Waals surface area contributed by atoms with Gasteiger partial charge in [0.2, 0.25) is 0 Å². The minimum atomic E-state index is -0.193. The number of aryl methyl sites for hydroxylation is 2. The summed E-state index contributed by atoms with van der Waals surface area (Å²) in [5.41, 5.74) is 5.30. The van der Waals surface area contributed by atoms with E-state index in [1.54, 1.807) is 7.11 Å². The molecule has 1 atom stereocenters. The van der Waals surface area contributed by atoms with Crippen LogP contribution in [0.2, 0.25) is 0 Å². The summed E-state index contributed by atoms with van der Waals surface area (Å²) < 4.78 is 8.80. The first-order valence-corrected chi connectivity index (χ1v) is 11.4. The van der Waals surface area contributed by atoms with Crippen LogP contribution in [0.4, 0.5) is 0 Å². The van der Waals surface area contributed by atoms with Gasteiger partial charge in [-0.05, 0) is 39.3 Å². The first-order chi connectivity index (χ1) is 15.3. The van der Waals surface area contributed by atoms with Crippen molar-refractivity contribution in [1.29, 1.82) is 0 Å². The molecule has 0 aliphatic rings. The number of carbonyl (C=O) groups is 1. The van der Waals surface area contributed by atoms with Crippen LogP contribution in [0.1, 0.15) is 40.3 Å². The molecule has 0 saturated carbocycles. The van der Waals surface area contributed by atoms with Crippen molar-refractivity contribution in [2.45, 2.75) is 40.3 Å². The lowest BCUT2D eigenvalue weighted by atomic mass is 10.1. The molecule has 0 bridgehead atoms. The molecule has 6 nitrogen and oxygen atoms in total. The summed E-state index contributed by atoms with van der Waals surface area (Å²) in [4.78, 5) is 31.6. The van der Waals surface area contributed by atoms with Crippen molar-refractivity contribution in [2.75, 3.05) is 13.7 Å². The number of aromatic nitrogens is 3. The van der Waals surface area contributed by atoms with Gasteiger partial charge >= 0.3 is 0 Å². The van der Waals surface area contributed by atoms with Crippen LogP contribution in [-0.2, 0) is 11.3 Å². The van der Waals surface area contributed by atoms with Crippen molar-refractivity contribution in [1.82, 2.24) is 14.1 Å². The maximum Gasteiger partial charge on any atom is 0.263 e. The van der Waals surface area contributed by atoms with Crippen LogP contribution < -0.4 is 5.56 Å². The van der Waals surface area contributed by atoms with Gasteiger partial charge in [-0.1, -0.05) is 29.8 Å². The van der Waals surface area contributed by atoms with Gasteiger partial charge in [0.25, 0.3) is 5.56 Å². The highest BCUT2D eigenvalue weighted by Crippen LogP contribution is 2.30. The fraction of sp³-hybridized carbons (Fsp3) is 0.320. The number of Topliss-reactive ketones (excluding diaryl/α,β-unsaturated/α-hetero) is 1. The summed E-state index contributed by atoms with van der Waals surface area (Å²) in [7, 11) is 1.67. The number of hydrogen-bond donors (Lipinski definition) is 0. The van der Waals surface area contributed by atoms with Gasteiger partial charge in [0.15, 0.2) is 5.78 Å². The number of methoxy groups -OCH3 is 1. The highest BCUT2D eigenvalue weighted by Gasteiger charge is 2.20. The van der Waals surface area contributed by atoms with Gasteiger partial charge in [0.05, 0.1) is 30.9 Å². The third-order valence-corrected chi connectivity index (χ3v) is 6.76. The van der Waals surface area contributed by atoms with Gasteiger partial charge in [0, 0.05) is 35.0 Å². The number of rotatable bonds is 7. The summed E-state index contributed by atoms with van der Waals surface area (Å²) in [5, 5.41) is 2.52. The molecule has 1 aromatic carbocycles. The van der Waals surface area contributed by atoms with E-state index in [2.05, 4.69) is 16.5 Å². The Balaban J connectivity index is 1.70. The Morgan fingerprint density at radius 1 is 1.19 bits per heavy atom. The van der Waals surface area contributed by atoms with Crippen molar-refractivity contribution < 1.29 is 9.53 Å². The standard InChI is InChI=1S/C25H27N3O3S/c1-15-6-8-19(9-7-15)21-13-32-24-23(21)25(30)27(14-26-24)11-22(29)20-10-16(2)28(18(20)4)17(3)12-31-5/h6-10,13-14,17H,11-12H2,1-5H3/t17-/m0/s1. The molecular weight excluding hydrogens is 422 g/mol. The van der Waals surface area contributed by atoms with Crippen molar-refractivity contribution in [3.63, 3.8) is 0 Å². The van der Waals surface area contributed by atoms with Crippen LogP contribution in [0.25, 0.3) is 21.3 Å². The number of carbonyl (C=O) groups excluding carboxylic acids is 1. The minimum absolute atomic E-state index is 0.0477. The van der Waals surface area contributed by atoms with E-state index >= 15 is 0 Å². The van der Waals surface area contributed by atoms with E-state index in [0.717, 1.165) is 28.1 Å². The first-order valence-electron chi connectivity index (χ1n) is 10.6. The van der Waals surface area contributed by atoms with E-state index in [-0.39, 0.29) is 23.9 Å². The second-order valence-corrected chi connectivity index (χ2v) is 9.11. The highest BCUT2D eigenvalue weighted by molar-refractivity contribution is 7.17. The summed E-state index contributed by atoms with van der Waals surface area (Å²) in [6.07, 6.45) is 1.48. The highest BCUT2D eigenvalue weighted by atomic mass is 32.1. The zero-order valence-electron chi connectivity index (χ0n) is 19.0. The molecule has 0 amide bonds. The lowest BCUT2D eigenvalue weighted by molar-refractivity contribution is 0.0969. The topological polar surface area (TPSA) is 66.1 Å². The van der Waals surface area contributed by atoms with E-state index in [4.69, 9.17) is 4.74 Å². The number of benzene rings is 1. The molecule has 7 heteroatoms. The van der Waals surface area contributed by atoms with Gasteiger partial charge < -0.3 is 9.30 Å². The average Bonchev–Trinajstić information content (AvgIpc) is 3.32. The predicted octanol–water partition coefficient (Wildman–Crippen LogP) is 4.94. The Morgan fingerprint density at radius 2 is 1.91 bits per heavy atom. The molecule has 3 aromatic heterocycles. The summed E-state index contributed by atoms with van der Waals surface area (Å²) in [6, 6.07) is 10.1. The molecule has 3 heterocycles. The summed E-state index contributed by atoms with van der Waals surface area (Å²) in [5.74, 6) is -0.107. The van der Waals surface area contributed by atoms with E-state index in [1.165, 1.54) is 22.2 Å². The number of nitrogens with zero attached hydrogens (tertiary/aromatic N) is 3. The molecule has 0 fully saturated rings.